The van der Waals surface area contributed by atoms with Crippen LogP contribution >= 0.6 is 22.7 Å². The summed E-state index contributed by atoms with van der Waals surface area (Å²) in [5.74, 6) is -1.71. The first kappa shape index (κ1) is 27.0. The van der Waals surface area contributed by atoms with Crippen LogP contribution in [0.15, 0.2) is 12.3 Å². The minimum Gasteiger partial charge on any atom is -0.464 e. The van der Waals surface area contributed by atoms with Gasteiger partial charge in [-0.15, -0.1) is 22.7 Å². The predicted octanol–water partition coefficient (Wildman–Crippen LogP) is 4.43. The number of methoxy groups -OCH3 is 1. The molecule has 0 aliphatic heterocycles. The molecule has 0 saturated carbocycles. The molecule has 0 bridgehead atoms. The van der Waals surface area contributed by atoms with Gasteiger partial charge in [-0.1, -0.05) is 27.7 Å². The van der Waals surface area contributed by atoms with Gasteiger partial charge in [0.25, 0.3) is 11.8 Å². The van der Waals surface area contributed by atoms with Crippen LogP contribution in [-0.2, 0) is 16.6 Å². The highest BCUT2D eigenvalue weighted by molar-refractivity contribution is 7.16. The Morgan fingerprint density at radius 1 is 0.889 bits per heavy atom. The molecular weight excluding hydrogens is 504 g/mol. The quantitative estimate of drug-likeness (QED) is 0.364. The summed E-state index contributed by atoms with van der Waals surface area (Å²) in [4.78, 5) is 59.3. The number of aryl methyl sites for hydroxylation is 1. The summed E-state index contributed by atoms with van der Waals surface area (Å²) in [6, 6.07) is 1.53. The number of amides is 3. The van der Waals surface area contributed by atoms with Crippen LogP contribution in [-0.4, -0.2) is 45.3 Å². The van der Waals surface area contributed by atoms with Gasteiger partial charge in [0.1, 0.15) is 11.4 Å². The van der Waals surface area contributed by atoms with Crippen LogP contribution in [0.5, 0.6) is 0 Å². The summed E-state index contributed by atoms with van der Waals surface area (Å²) in [7, 11) is 2.95. The van der Waals surface area contributed by atoms with Crippen molar-refractivity contribution < 1.29 is 23.9 Å². The Morgan fingerprint density at radius 3 is 2.00 bits per heavy atom. The SMILES string of the molecule is COC(=O)c1nc(NC(=O)c2cc(NC(=O)c3nc(NC(C)=O)sc3C(C)C)cn2C)sc1C(C)C. The summed E-state index contributed by atoms with van der Waals surface area (Å²) in [5, 5.41) is 8.71. The molecule has 11 nitrogen and oxygen atoms in total. The van der Waals surface area contributed by atoms with E-state index in [2.05, 4.69) is 25.9 Å². The van der Waals surface area contributed by atoms with E-state index < -0.39 is 17.8 Å². The number of thiazole rings is 2. The Balaban J connectivity index is 1.79. The van der Waals surface area contributed by atoms with Crippen molar-refractivity contribution in [3.05, 3.63) is 39.1 Å². The Hall–Kier alpha value is -3.58. The van der Waals surface area contributed by atoms with E-state index >= 15 is 0 Å². The van der Waals surface area contributed by atoms with Crippen molar-refractivity contribution in [2.75, 3.05) is 23.1 Å². The van der Waals surface area contributed by atoms with Crippen molar-refractivity contribution in [3.63, 3.8) is 0 Å². The Labute approximate surface area is 216 Å². The number of esters is 1. The number of carbonyl (C=O) groups is 4. The van der Waals surface area contributed by atoms with Gasteiger partial charge in [0.15, 0.2) is 16.0 Å². The van der Waals surface area contributed by atoms with Crippen LogP contribution in [0.2, 0.25) is 0 Å². The number of rotatable bonds is 8. The second kappa shape index (κ2) is 11.0. The molecular formula is C23H28N6O5S2. The standard InChI is InChI=1S/C23H28N6O5S2/c1-10(2)17-15(26-22(35-17)24-12(5)30)20(32)25-13-8-14(29(6)9-13)19(31)28-23-27-16(21(33)34-7)18(36-23)11(3)4/h8-11H,1-7H3,(H,25,32)(H,24,26,30)(H,27,28,31). The highest BCUT2D eigenvalue weighted by Crippen LogP contribution is 2.32. The molecule has 0 saturated heterocycles. The van der Waals surface area contributed by atoms with Crippen molar-refractivity contribution >= 4 is 62.3 Å². The number of hydrogen-bond acceptors (Lipinski definition) is 9. The molecule has 0 aromatic carbocycles. The van der Waals surface area contributed by atoms with Crippen molar-refractivity contribution in [1.29, 1.82) is 0 Å². The van der Waals surface area contributed by atoms with E-state index in [4.69, 9.17) is 4.74 Å². The number of ether oxygens (including phenoxy) is 1. The van der Waals surface area contributed by atoms with Gasteiger partial charge in [0.2, 0.25) is 5.91 Å². The number of carbonyl (C=O) groups excluding carboxylic acids is 4. The van der Waals surface area contributed by atoms with Crippen molar-refractivity contribution in [2.24, 2.45) is 7.05 Å². The van der Waals surface area contributed by atoms with Crippen molar-refractivity contribution in [3.8, 4) is 0 Å². The third-order valence-electron chi connectivity index (χ3n) is 4.95. The molecule has 192 valence electrons. The zero-order valence-electron chi connectivity index (χ0n) is 21.0. The van der Waals surface area contributed by atoms with Crippen LogP contribution < -0.4 is 16.0 Å². The molecule has 0 fully saturated rings. The van der Waals surface area contributed by atoms with E-state index in [9.17, 15) is 19.2 Å². The maximum Gasteiger partial charge on any atom is 0.357 e. The normalized spacial score (nSPS) is 11.0. The fraction of sp³-hybridized carbons (Fsp3) is 0.391. The molecule has 3 aromatic rings. The zero-order valence-corrected chi connectivity index (χ0v) is 22.6. The maximum absolute atomic E-state index is 13.0. The third-order valence-corrected chi connectivity index (χ3v) is 7.49. The summed E-state index contributed by atoms with van der Waals surface area (Å²) >= 11 is 2.45. The zero-order chi connectivity index (χ0) is 26.7. The first-order valence-electron chi connectivity index (χ1n) is 11.1. The second-order valence-corrected chi connectivity index (χ2v) is 10.6. The molecule has 3 N–H and O–H groups in total. The average Bonchev–Trinajstić information content (AvgIpc) is 3.49. The molecule has 0 spiro atoms. The molecule has 3 amide bonds. The highest BCUT2D eigenvalue weighted by Gasteiger charge is 2.24. The van der Waals surface area contributed by atoms with Gasteiger partial charge in [-0.25, -0.2) is 14.8 Å². The van der Waals surface area contributed by atoms with E-state index in [1.807, 2.05) is 27.7 Å². The highest BCUT2D eigenvalue weighted by atomic mass is 32.1. The van der Waals surface area contributed by atoms with Gasteiger partial charge in [-0.05, 0) is 17.9 Å². The molecule has 0 radical (unpaired) electrons. The number of aromatic nitrogens is 3. The van der Waals surface area contributed by atoms with Gasteiger partial charge >= 0.3 is 5.97 Å². The van der Waals surface area contributed by atoms with E-state index in [1.54, 1.807) is 17.8 Å². The number of hydrogen-bond donors (Lipinski definition) is 3. The maximum atomic E-state index is 13.0. The molecule has 0 aliphatic carbocycles. The summed E-state index contributed by atoms with van der Waals surface area (Å²) < 4.78 is 6.36. The monoisotopic (exact) mass is 532 g/mol. The minimum absolute atomic E-state index is 0.0201. The fourth-order valence-corrected chi connectivity index (χ4v) is 5.28. The van der Waals surface area contributed by atoms with Gasteiger partial charge in [0, 0.05) is 29.9 Å². The first-order valence-corrected chi connectivity index (χ1v) is 12.7. The van der Waals surface area contributed by atoms with E-state index in [1.165, 1.54) is 42.8 Å². The van der Waals surface area contributed by atoms with Crippen LogP contribution in [0.25, 0.3) is 0 Å². The van der Waals surface area contributed by atoms with E-state index in [0.29, 0.717) is 15.7 Å². The number of nitrogens with zero attached hydrogens (tertiary/aromatic N) is 3. The first-order chi connectivity index (χ1) is 16.9. The summed E-state index contributed by atoms with van der Waals surface area (Å²) in [6.45, 7) is 9.08. The molecule has 0 atom stereocenters. The molecule has 3 aromatic heterocycles. The molecule has 3 heterocycles. The average molecular weight is 533 g/mol. The van der Waals surface area contributed by atoms with Crippen LogP contribution in [0.3, 0.4) is 0 Å². The fourth-order valence-electron chi connectivity index (χ4n) is 3.32. The van der Waals surface area contributed by atoms with Gasteiger partial charge in [-0.3, -0.25) is 19.7 Å². The van der Waals surface area contributed by atoms with E-state index in [0.717, 1.165) is 4.88 Å². The van der Waals surface area contributed by atoms with Gasteiger partial charge in [0.05, 0.1) is 12.8 Å². The predicted molar refractivity (Wildman–Crippen MR) is 139 cm³/mol. The van der Waals surface area contributed by atoms with Gasteiger partial charge in [-0.2, -0.15) is 0 Å². The third kappa shape index (κ3) is 5.97. The second-order valence-electron chi connectivity index (χ2n) is 8.58. The largest absolute Gasteiger partial charge is 0.464 e. The Morgan fingerprint density at radius 2 is 1.44 bits per heavy atom. The van der Waals surface area contributed by atoms with Gasteiger partial charge < -0.3 is 19.9 Å². The Kier molecular flexibility index (Phi) is 8.25. The van der Waals surface area contributed by atoms with Crippen LogP contribution in [0, 0.1) is 0 Å². The molecule has 0 unspecified atom stereocenters. The lowest BCUT2D eigenvalue weighted by atomic mass is 10.1. The van der Waals surface area contributed by atoms with Crippen LogP contribution in [0.4, 0.5) is 16.0 Å². The van der Waals surface area contributed by atoms with Crippen molar-refractivity contribution in [2.45, 2.75) is 46.5 Å². The lowest BCUT2D eigenvalue weighted by molar-refractivity contribution is -0.114. The lowest BCUT2D eigenvalue weighted by Crippen LogP contribution is -2.15. The Bertz CT molecular complexity index is 1320. The minimum atomic E-state index is -0.566. The summed E-state index contributed by atoms with van der Waals surface area (Å²) in [6.07, 6.45) is 1.60. The molecule has 13 heteroatoms. The topological polar surface area (TPSA) is 144 Å². The molecule has 36 heavy (non-hydrogen) atoms. The summed E-state index contributed by atoms with van der Waals surface area (Å²) in [5.41, 5.74) is 1.06. The smallest absolute Gasteiger partial charge is 0.357 e. The van der Waals surface area contributed by atoms with Crippen molar-refractivity contribution in [1.82, 2.24) is 14.5 Å². The number of anilines is 3. The van der Waals surface area contributed by atoms with E-state index in [-0.39, 0.29) is 40.0 Å². The lowest BCUT2D eigenvalue weighted by Gasteiger charge is -2.05. The molecule has 0 aliphatic rings. The molecule has 3 rings (SSSR count). The number of nitrogens with one attached hydrogen (secondary N) is 3. The van der Waals surface area contributed by atoms with Crippen LogP contribution in [0.1, 0.15) is 87.7 Å².